The molecule has 1 aliphatic rings. The molecule has 2 heterocycles. The molecule has 0 bridgehead atoms. The summed E-state index contributed by atoms with van der Waals surface area (Å²) >= 11 is 1.52. The molecule has 0 radical (unpaired) electrons. The average Bonchev–Trinajstić information content (AvgIpc) is 3.25. The van der Waals surface area contributed by atoms with Crippen LogP contribution in [0.25, 0.3) is 0 Å². The molecule has 1 fully saturated rings. The molecule has 1 saturated heterocycles. The predicted octanol–water partition coefficient (Wildman–Crippen LogP) is 5.04. The molecule has 5 nitrogen and oxygen atoms in total. The second-order valence-electron chi connectivity index (χ2n) is 7.30. The third-order valence-electron chi connectivity index (χ3n) is 5.04. The van der Waals surface area contributed by atoms with Gasteiger partial charge in [0, 0.05) is 34.9 Å². The largest absolute Gasteiger partial charge is 0.326 e. The maximum Gasteiger partial charge on any atom is 0.324 e. The fourth-order valence-corrected chi connectivity index (χ4v) is 4.27. The fraction of sp³-hybridized carbons (Fsp3) is 0.217. The van der Waals surface area contributed by atoms with E-state index >= 15 is 0 Å². The maximum atomic E-state index is 14.0. The van der Waals surface area contributed by atoms with Crippen LogP contribution >= 0.6 is 11.3 Å². The minimum Gasteiger partial charge on any atom is -0.326 e. The van der Waals surface area contributed by atoms with Crippen molar-refractivity contribution in [3.05, 3.63) is 82.1 Å². The zero-order valence-corrected chi connectivity index (χ0v) is 17.5. The number of rotatable bonds is 6. The molecule has 1 N–H and O–H groups in total. The van der Waals surface area contributed by atoms with Crippen molar-refractivity contribution >= 4 is 34.6 Å². The van der Waals surface area contributed by atoms with Gasteiger partial charge in [0.1, 0.15) is 11.6 Å². The van der Waals surface area contributed by atoms with Crippen molar-refractivity contribution in [1.29, 1.82) is 0 Å². The number of hydrogen-bond acceptors (Lipinski definition) is 3. The fourth-order valence-electron chi connectivity index (χ4n) is 3.57. The Morgan fingerprint density at radius 2 is 1.94 bits per heavy atom. The summed E-state index contributed by atoms with van der Waals surface area (Å²) in [5, 5.41) is 4.79. The summed E-state index contributed by atoms with van der Waals surface area (Å²) in [5.41, 5.74) is 1.38. The van der Waals surface area contributed by atoms with E-state index < -0.39 is 11.6 Å². The molecule has 0 aliphatic carbocycles. The standard InChI is InChI=1S/C23H21F2N3O2S/c24-17-7-8-21(25)16(12-17)15-27-9-3-10-28(23(27)30)19-5-1-4-18(13-19)26-22(29)14-20-6-2-11-31-20/h1-2,4-8,11-13H,3,9-10,14-15H2,(H,26,29). The minimum atomic E-state index is -0.540. The summed E-state index contributed by atoms with van der Waals surface area (Å²) in [6, 6.07) is 13.8. The Morgan fingerprint density at radius 1 is 1.06 bits per heavy atom. The van der Waals surface area contributed by atoms with Gasteiger partial charge in [0.2, 0.25) is 5.91 Å². The molecule has 31 heavy (non-hydrogen) atoms. The molecule has 0 atom stereocenters. The Morgan fingerprint density at radius 3 is 2.74 bits per heavy atom. The van der Waals surface area contributed by atoms with Gasteiger partial charge in [0.25, 0.3) is 0 Å². The van der Waals surface area contributed by atoms with Crippen molar-refractivity contribution in [2.45, 2.75) is 19.4 Å². The van der Waals surface area contributed by atoms with Crippen LogP contribution in [0, 0.1) is 11.6 Å². The van der Waals surface area contributed by atoms with Crippen LogP contribution in [0.5, 0.6) is 0 Å². The van der Waals surface area contributed by atoms with E-state index in [0.717, 1.165) is 23.1 Å². The lowest BCUT2D eigenvalue weighted by Crippen LogP contribution is -2.49. The Kier molecular flexibility index (Phi) is 6.27. The quantitative estimate of drug-likeness (QED) is 0.583. The Hall–Kier alpha value is -3.26. The number of halogens is 2. The molecule has 0 spiro atoms. The zero-order valence-electron chi connectivity index (χ0n) is 16.7. The summed E-state index contributed by atoms with van der Waals surface area (Å²) < 4.78 is 27.5. The first kappa shape index (κ1) is 21.0. The van der Waals surface area contributed by atoms with E-state index in [0.29, 0.717) is 30.9 Å². The average molecular weight is 442 g/mol. The van der Waals surface area contributed by atoms with Crippen molar-refractivity contribution in [2.75, 3.05) is 23.3 Å². The van der Waals surface area contributed by atoms with Gasteiger partial charge >= 0.3 is 6.03 Å². The molecular weight excluding hydrogens is 420 g/mol. The van der Waals surface area contributed by atoms with Gasteiger partial charge in [0.05, 0.1) is 13.0 Å². The Labute approximate surface area is 182 Å². The van der Waals surface area contributed by atoms with E-state index in [4.69, 9.17) is 0 Å². The number of nitrogens with zero attached hydrogens (tertiary/aromatic N) is 2. The highest BCUT2D eigenvalue weighted by molar-refractivity contribution is 7.10. The highest BCUT2D eigenvalue weighted by Crippen LogP contribution is 2.25. The molecule has 8 heteroatoms. The predicted molar refractivity (Wildman–Crippen MR) is 117 cm³/mol. The third-order valence-corrected chi connectivity index (χ3v) is 5.91. The lowest BCUT2D eigenvalue weighted by Gasteiger charge is -2.36. The van der Waals surface area contributed by atoms with Crippen molar-refractivity contribution in [1.82, 2.24) is 4.90 Å². The summed E-state index contributed by atoms with van der Waals surface area (Å²) in [6.45, 7) is 0.965. The van der Waals surface area contributed by atoms with Crippen LogP contribution in [-0.4, -0.2) is 29.9 Å². The van der Waals surface area contributed by atoms with Crippen LogP contribution in [0.15, 0.2) is 60.0 Å². The maximum absolute atomic E-state index is 14.0. The summed E-state index contributed by atoms with van der Waals surface area (Å²) in [5.74, 6) is -1.21. The van der Waals surface area contributed by atoms with Gasteiger partial charge in [-0.1, -0.05) is 12.1 Å². The molecular formula is C23H21F2N3O2S. The van der Waals surface area contributed by atoms with Gasteiger partial charge in [-0.25, -0.2) is 13.6 Å². The number of amides is 3. The van der Waals surface area contributed by atoms with Crippen LogP contribution in [0.4, 0.5) is 25.0 Å². The summed E-state index contributed by atoms with van der Waals surface area (Å²) in [7, 11) is 0. The van der Waals surface area contributed by atoms with Gasteiger partial charge in [0.15, 0.2) is 0 Å². The van der Waals surface area contributed by atoms with E-state index in [9.17, 15) is 18.4 Å². The second kappa shape index (κ2) is 9.26. The van der Waals surface area contributed by atoms with Gasteiger partial charge in [-0.3, -0.25) is 9.69 Å². The summed E-state index contributed by atoms with van der Waals surface area (Å²) in [6.07, 6.45) is 0.981. The number of benzene rings is 2. The van der Waals surface area contributed by atoms with Crippen molar-refractivity contribution < 1.29 is 18.4 Å². The van der Waals surface area contributed by atoms with E-state index in [-0.39, 0.29) is 30.5 Å². The van der Waals surface area contributed by atoms with Crippen LogP contribution in [-0.2, 0) is 17.8 Å². The number of hydrogen-bond donors (Lipinski definition) is 1. The minimum absolute atomic E-state index is 0.00380. The SMILES string of the molecule is O=C(Cc1cccs1)Nc1cccc(N2CCCN(Cc3cc(F)ccc3F)C2=O)c1. The molecule has 3 amide bonds. The molecule has 0 unspecified atom stereocenters. The van der Waals surface area contributed by atoms with Gasteiger partial charge in [-0.05, 0) is 54.3 Å². The van der Waals surface area contributed by atoms with Crippen molar-refractivity contribution in [3.8, 4) is 0 Å². The molecule has 160 valence electrons. The first-order valence-electron chi connectivity index (χ1n) is 9.92. The van der Waals surface area contributed by atoms with Crippen LogP contribution in [0.2, 0.25) is 0 Å². The second-order valence-corrected chi connectivity index (χ2v) is 8.33. The molecule has 3 aromatic rings. The number of carbonyl (C=O) groups is 2. The van der Waals surface area contributed by atoms with Gasteiger partial charge in [-0.15, -0.1) is 11.3 Å². The normalized spacial score (nSPS) is 14.1. The van der Waals surface area contributed by atoms with E-state index in [1.165, 1.54) is 16.2 Å². The first-order chi connectivity index (χ1) is 15.0. The van der Waals surface area contributed by atoms with Crippen LogP contribution in [0.3, 0.4) is 0 Å². The number of nitrogens with one attached hydrogen (secondary N) is 1. The monoisotopic (exact) mass is 441 g/mol. The lowest BCUT2D eigenvalue weighted by molar-refractivity contribution is -0.115. The number of anilines is 2. The highest BCUT2D eigenvalue weighted by atomic mass is 32.1. The highest BCUT2D eigenvalue weighted by Gasteiger charge is 2.27. The van der Waals surface area contributed by atoms with Crippen molar-refractivity contribution in [3.63, 3.8) is 0 Å². The molecule has 0 saturated carbocycles. The zero-order chi connectivity index (χ0) is 21.8. The molecule has 4 rings (SSSR count). The summed E-state index contributed by atoms with van der Waals surface area (Å²) in [4.78, 5) is 29.4. The van der Waals surface area contributed by atoms with E-state index in [2.05, 4.69) is 5.32 Å². The smallest absolute Gasteiger partial charge is 0.324 e. The van der Waals surface area contributed by atoms with Gasteiger partial charge in [-0.2, -0.15) is 0 Å². The van der Waals surface area contributed by atoms with Crippen LogP contribution in [0.1, 0.15) is 16.9 Å². The first-order valence-corrected chi connectivity index (χ1v) is 10.8. The number of thiophene rings is 1. The Bertz CT molecular complexity index is 1090. The van der Waals surface area contributed by atoms with E-state index in [1.807, 2.05) is 17.5 Å². The third kappa shape index (κ3) is 5.08. The number of carbonyl (C=O) groups excluding carboxylic acids is 2. The lowest BCUT2D eigenvalue weighted by atomic mass is 10.1. The number of urea groups is 1. The molecule has 2 aromatic carbocycles. The molecule has 1 aliphatic heterocycles. The molecule has 1 aromatic heterocycles. The van der Waals surface area contributed by atoms with E-state index in [1.54, 1.807) is 29.2 Å². The van der Waals surface area contributed by atoms with Crippen LogP contribution < -0.4 is 10.2 Å². The van der Waals surface area contributed by atoms with Gasteiger partial charge < -0.3 is 10.2 Å². The van der Waals surface area contributed by atoms with Crippen molar-refractivity contribution in [2.24, 2.45) is 0 Å². The Balaban J connectivity index is 1.46. The topological polar surface area (TPSA) is 52.7 Å².